The zero-order valence-corrected chi connectivity index (χ0v) is 17.3. The molecular formula is C25H26N2O3. The summed E-state index contributed by atoms with van der Waals surface area (Å²) in [6, 6.07) is 20.7. The minimum atomic E-state index is -0.511. The monoisotopic (exact) mass is 402 g/mol. The quantitative estimate of drug-likeness (QED) is 0.439. The number of benzene rings is 2. The fourth-order valence-corrected chi connectivity index (χ4v) is 3.46. The lowest BCUT2D eigenvalue weighted by Gasteiger charge is -2.15. The molecule has 0 fully saturated rings. The molecule has 0 aliphatic heterocycles. The van der Waals surface area contributed by atoms with E-state index in [-0.39, 0.29) is 18.2 Å². The molecule has 0 amide bonds. The zero-order chi connectivity index (χ0) is 21.5. The lowest BCUT2D eigenvalue weighted by molar-refractivity contribution is -0.147. The summed E-state index contributed by atoms with van der Waals surface area (Å²) in [6.45, 7) is 3.96. The normalized spacial score (nSPS) is 11.7. The first-order valence-electron chi connectivity index (χ1n) is 10.0. The predicted octanol–water partition coefficient (Wildman–Crippen LogP) is 4.63. The second-order valence-corrected chi connectivity index (χ2v) is 7.21. The number of aryl methyl sites for hydroxylation is 1. The van der Waals surface area contributed by atoms with Gasteiger partial charge in [-0.25, -0.2) is 4.98 Å². The fourth-order valence-electron chi connectivity index (χ4n) is 3.46. The molecule has 0 aliphatic rings. The maximum absolute atomic E-state index is 12.9. The summed E-state index contributed by atoms with van der Waals surface area (Å²) < 4.78 is 5.20. The van der Waals surface area contributed by atoms with Crippen molar-refractivity contribution in [3.8, 4) is 11.1 Å². The lowest BCUT2D eigenvalue weighted by atomic mass is 9.91. The molecule has 2 aromatic carbocycles. The van der Waals surface area contributed by atoms with Crippen molar-refractivity contribution in [3.05, 3.63) is 83.6 Å². The number of Topliss-reactive ketones (excluding diaryl/α,β-unsaturated/α-hetero) is 1. The number of nitrogens with zero attached hydrogens (tertiary/aromatic N) is 1. The SMILES string of the molecule is CCOC(=O)C(CC(=O)c1ccc(-c2ccc(N)nc2C)cc1)Cc1ccccc1. The van der Waals surface area contributed by atoms with Gasteiger partial charge < -0.3 is 10.5 Å². The van der Waals surface area contributed by atoms with Gasteiger partial charge >= 0.3 is 5.97 Å². The number of nitrogens with two attached hydrogens (primary N) is 1. The maximum atomic E-state index is 12.9. The maximum Gasteiger partial charge on any atom is 0.309 e. The molecule has 2 N–H and O–H groups in total. The van der Waals surface area contributed by atoms with E-state index in [2.05, 4.69) is 4.98 Å². The summed E-state index contributed by atoms with van der Waals surface area (Å²) >= 11 is 0. The molecule has 0 radical (unpaired) electrons. The van der Waals surface area contributed by atoms with Crippen molar-refractivity contribution in [3.63, 3.8) is 0 Å². The van der Waals surface area contributed by atoms with Gasteiger partial charge in [-0.3, -0.25) is 9.59 Å². The van der Waals surface area contributed by atoms with E-state index >= 15 is 0 Å². The molecule has 5 heteroatoms. The molecule has 3 rings (SSSR count). The first-order chi connectivity index (χ1) is 14.5. The third-order valence-corrected chi connectivity index (χ3v) is 5.00. The number of esters is 1. The Kier molecular flexibility index (Phi) is 6.96. The number of aromatic nitrogens is 1. The molecule has 0 saturated carbocycles. The standard InChI is InChI=1S/C25H26N2O3/c1-3-30-25(29)21(15-18-7-5-4-6-8-18)16-23(28)20-11-9-19(10-12-20)22-13-14-24(26)27-17(22)2/h4-14,21H,3,15-16H2,1-2H3,(H2,26,27). The topological polar surface area (TPSA) is 82.3 Å². The lowest BCUT2D eigenvalue weighted by Crippen LogP contribution is -2.23. The van der Waals surface area contributed by atoms with Gasteiger partial charge in [-0.2, -0.15) is 0 Å². The van der Waals surface area contributed by atoms with Crippen LogP contribution in [0.1, 0.15) is 35.0 Å². The van der Waals surface area contributed by atoms with Crippen molar-refractivity contribution < 1.29 is 14.3 Å². The smallest absolute Gasteiger partial charge is 0.309 e. The summed E-state index contributed by atoms with van der Waals surface area (Å²) in [7, 11) is 0. The molecular weight excluding hydrogens is 376 g/mol. The number of hydrogen-bond acceptors (Lipinski definition) is 5. The van der Waals surface area contributed by atoms with Crippen LogP contribution in [0.25, 0.3) is 11.1 Å². The van der Waals surface area contributed by atoms with Crippen molar-refractivity contribution in [2.75, 3.05) is 12.3 Å². The van der Waals surface area contributed by atoms with Crippen LogP contribution >= 0.6 is 0 Å². The number of ether oxygens (including phenoxy) is 1. The first-order valence-corrected chi connectivity index (χ1v) is 10.0. The van der Waals surface area contributed by atoms with Crippen molar-refractivity contribution in [1.29, 1.82) is 0 Å². The van der Waals surface area contributed by atoms with E-state index in [9.17, 15) is 9.59 Å². The highest BCUT2D eigenvalue weighted by Gasteiger charge is 2.24. The first kappa shape index (κ1) is 21.2. The van der Waals surface area contributed by atoms with Crippen molar-refractivity contribution in [1.82, 2.24) is 4.98 Å². The van der Waals surface area contributed by atoms with Crippen LogP contribution in [0.3, 0.4) is 0 Å². The van der Waals surface area contributed by atoms with E-state index < -0.39 is 5.92 Å². The molecule has 30 heavy (non-hydrogen) atoms. The summed E-state index contributed by atoms with van der Waals surface area (Å²) in [5.41, 5.74) is 10.1. The number of anilines is 1. The van der Waals surface area contributed by atoms with Gasteiger partial charge in [-0.05, 0) is 43.5 Å². The Hall–Kier alpha value is -3.47. The van der Waals surface area contributed by atoms with Crippen LogP contribution in [0.4, 0.5) is 5.82 Å². The van der Waals surface area contributed by atoms with Crippen LogP contribution in [0.5, 0.6) is 0 Å². The van der Waals surface area contributed by atoms with E-state index in [4.69, 9.17) is 10.5 Å². The van der Waals surface area contributed by atoms with E-state index in [1.54, 1.807) is 25.1 Å². The number of ketones is 1. The van der Waals surface area contributed by atoms with Gasteiger partial charge in [-0.15, -0.1) is 0 Å². The average Bonchev–Trinajstić information content (AvgIpc) is 2.74. The number of hydrogen-bond donors (Lipinski definition) is 1. The zero-order valence-electron chi connectivity index (χ0n) is 17.3. The van der Waals surface area contributed by atoms with Crippen LogP contribution in [0.15, 0.2) is 66.7 Å². The average molecular weight is 402 g/mol. The summed E-state index contributed by atoms with van der Waals surface area (Å²) in [5, 5.41) is 0. The molecule has 0 spiro atoms. The summed E-state index contributed by atoms with van der Waals surface area (Å²) in [4.78, 5) is 29.6. The van der Waals surface area contributed by atoms with Gasteiger partial charge in [0.2, 0.25) is 0 Å². The Morgan fingerprint density at radius 2 is 1.70 bits per heavy atom. The van der Waals surface area contributed by atoms with Gasteiger partial charge in [0.05, 0.1) is 12.5 Å². The molecule has 5 nitrogen and oxygen atoms in total. The molecule has 0 aliphatic carbocycles. The Balaban J connectivity index is 1.75. The Morgan fingerprint density at radius 1 is 1.00 bits per heavy atom. The van der Waals surface area contributed by atoms with Crippen molar-refractivity contribution in [2.45, 2.75) is 26.7 Å². The third-order valence-electron chi connectivity index (χ3n) is 5.00. The molecule has 1 atom stereocenters. The molecule has 3 aromatic rings. The molecule has 0 bridgehead atoms. The van der Waals surface area contributed by atoms with Crippen LogP contribution < -0.4 is 5.73 Å². The van der Waals surface area contributed by atoms with Gasteiger partial charge in [0.1, 0.15) is 5.82 Å². The number of nitrogen functional groups attached to an aromatic ring is 1. The number of pyridine rings is 1. The highest BCUT2D eigenvalue weighted by Crippen LogP contribution is 2.24. The van der Waals surface area contributed by atoms with Crippen LogP contribution in [-0.2, 0) is 16.0 Å². The Labute approximate surface area is 176 Å². The minimum absolute atomic E-state index is 0.0808. The highest BCUT2D eigenvalue weighted by molar-refractivity contribution is 5.98. The van der Waals surface area contributed by atoms with Crippen LogP contribution in [0, 0.1) is 12.8 Å². The summed E-state index contributed by atoms with van der Waals surface area (Å²) in [6.07, 6.45) is 0.579. The van der Waals surface area contributed by atoms with Crippen LogP contribution in [0.2, 0.25) is 0 Å². The van der Waals surface area contributed by atoms with Crippen molar-refractivity contribution in [2.24, 2.45) is 5.92 Å². The largest absolute Gasteiger partial charge is 0.466 e. The Morgan fingerprint density at radius 3 is 2.33 bits per heavy atom. The molecule has 0 saturated heterocycles. The predicted molar refractivity (Wildman–Crippen MR) is 118 cm³/mol. The minimum Gasteiger partial charge on any atom is -0.466 e. The Bertz CT molecular complexity index is 1010. The number of carbonyl (C=O) groups is 2. The molecule has 1 unspecified atom stereocenters. The van der Waals surface area contributed by atoms with Gasteiger partial charge in [0.15, 0.2) is 5.78 Å². The molecule has 1 heterocycles. The summed E-state index contributed by atoms with van der Waals surface area (Å²) in [5.74, 6) is -0.452. The fraction of sp³-hybridized carbons (Fsp3) is 0.240. The second kappa shape index (κ2) is 9.83. The van der Waals surface area contributed by atoms with Crippen molar-refractivity contribution >= 4 is 17.6 Å². The second-order valence-electron chi connectivity index (χ2n) is 7.21. The van der Waals surface area contributed by atoms with Gasteiger partial charge in [0.25, 0.3) is 0 Å². The van der Waals surface area contributed by atoms with E-state index in [1.807, 2.05) is 55.5 Å². The highest BCUT2D eigenvalue weighted by atomic mass is 16.5. The van der Waals surface area contributed by atoms with Gasteiger partial charge in [0, 0.05) is 23.2 Å². The van der Waals surface area contributed by atoms with Gasteiger partial charge in [-0.1, -0.05) is 54.6 Å². The number of rotatable bonds is 8. The van der Waals surface area contributed by atoms with E-state index in [0.717, 1.165) is 22.4 Å². The third kappa shape index (κ3) is 5.32. The van der Waals surface area contributed by atoms with E-state index in [0.29, 0.717) is 24.4 Å². The van der Waals surface area contributed by atoms with Crippen LogP contribution in [-0.4, -0.2) is 23.3 Å². The van der Waals surface area contributed by atoms with E-state index in [1.165, 1.54) is 0 Å². The molecule has 154 valence electrons. The number of carbonyl (C=O) groups excluding carboxylic acids is 2. The molecule has 1 aromatic heterocycles.